The van der Waals surface area contributed by atoms with E-state index in [-0.39, 0.29) is 12.5 Å². The first-order valence-corrected chi connectivity index (χ1v) is 7.22. The summed E-state index contributed by atoms with van der Waals surface area (Å²) in [5, 5.41) is 0.343. The third-order valence-corrected chi connectivity index (χ3v) is 3.89. The lowest BCUT2D eigenvalue weighted by Gasteiger charge is -2.35. The molecule has 2 aromatic heterocycles. The molecule has 0 spiro atoms. The molecule has 6 nitrogen and oxygen atoms in total. The minimum Gasteiger partial charge on any atom is -0.353 e. The molecule has 2 aromatic rings. The van der Waals surface area contributed by atoms with Crippen molar-refractivity contribution in [3.8, 4) is 0 Å². The van der Waals surface area contributed by atoms with E-state index < -0.39 is 0 Å². The zero-order valence-electron chi connectivity index (χ0n) is 11.5. The molecule has 7 heteroatoms. The number of pyridine rings is 1. The van der Waals surface area contributed by atoms with Gasteiger partial charge in [0.05, 0.1) is 0 Å². The Hall–Kier alpha value is -2.08. The van der Waals surface area contributed by atoms with Crippen LogP contribution in [0.4, 0.5) is 5.82 Å². The van der Waals surface area contributed by atoms with Gasteiger partial charge in [0.25, 0.3) is 0 Å². The summed E-state index contributed by atoms with van der Waals surface area (Å²) in [5.41, 5.74) is 0. The molecule has 21 heavy (non-hydrogen) atoms. The van der Waals surface area contributed by atoms with E-state index in [2.05, 4.69) is 14.9 Å². The summed E-state index contributed by atoms with van der Waals surface area (Å²) in [6.45, 7) is 3.21. The highest BCUT2D eigenvalue weighted by Gasteiger charge is 2.22. The first-order valence-electron chi connectivity index (χ1n) is 6.84. The van der Waals surface area contributed by atoms with Crippen LogP contribution in [0.15, 0.2) is 36.8 Å². The number of imidazole rings is 1. The van der Waals surface area contributed by atoms with Crippen LogP contribution in [0.1, 0.15) is 0 Å². The second-order valence-electron chi connectivity index (χ2n) is 4.88. The second kappa shape index (κ2) is 6.13. The van der Waals surface area contributed by atoms with Gasteiger partial charge in [0, 0.05) is 44.8 Å². The van der Waals surface area contributed by atoms with Crippen molar-refractivity contribution in [3.63, 3.8) is 0 Å². The molecule has 0 unspecified atom stereocenters. The normalized spacial score (nSPS) is 15.3. The third kappa shape index (κ3) is 3.16. The summed E-state index contributed by atoms with van der Waals surface area (Å²) in [4.78, 5) is 24.5. The largest absolute Gasteiger partial charge is 0.353 e. The van der Waals surface area contributed by atoms with Gasteiger partial charge in [-0.2, -0.15) is 0 Å². The van der Waals surface area contributed by atoms with Gasteiger partial charge in [-0.1, -0.05) is 6.07 Å². The Morgan fingerprint density at radius 2 is 1.95 bits per heavy atom. The Morgan fingerprint density at radius 1 is 1.14 bits per heavy atom. The predicted octanol–water partition coefficient (Wildman–Crippen LogP) is 1.28. The van der Waals surface area contributed by atoms with E-state index in [1.54, 1.807) is 23.2 Å². The molecule has 3 heterocycles. The Balaban J connectivity index is 1.56. The van der Waals surface area contributed by atoms with Crippen molar-refractivity contribution in [2.24, 2.45) is 0 Å². The second-order valence-corrected chi connectivity index (χ2v) is 5.22. The molecule has 0 radical (unpaired) electrons. The molecular weight excluding hydrogens is 290 g/mol. The van der Waals surface area contributed by atoms with Crippen LogP contribution in [-0.4, -0.2) is 51.5 Å². The Morgan fingerprint density at radius 3 is 2.57 bits per heavy atom. The summed E-state index contributed by atoms with van der Waals surface area (Å²) in [6.07, 6.45) is 5.09. The van der Waals surface area contributed by atoms with E-state index in [9.17, 15) is 4.79 Å². The van der Waals surface area contributed by atoms with E-state index in [1.165, 1.54) is 0 Å². The molecule has 110 valence electrons. The molecule has 1 saturated heterocycles. The minimum absolute atomic E-state index is 0.0653. The lowest BCUT2D eigenvalue weighted by molar-refractivity contribution is -0.132. The fourth-order valence-electron chi connectivity index (χ4n) is 2.40. The van der Waals surface area contributed by atoms with Gasteiger partial charge in [-0.25, -0.2) is 9.97 Å². The number of hydrogen-bond donors (Lipinski definition) is 0. The highest BCUT2D eigenvalue weighted by atomic mass is 35.5. The number of carbonyl (C=O) groups is 1. The molecule has 0 atom stereocenters. The van der Waals surface area contributed by atoms with Crippen LogP contribution in [0.3, 0.4) is 0 Å². The Labute approximate surface area is 128 Å². The SMILES string of the molecule is O=C(Cn1ccnc1Cl)N1CCN(c2ccccn2)CC1. The van der Waals surface area contributed by atoms with Gasteiger partial charge in [-0.05, 0) is 23.7 Å². The van der Waals surface area contributed by atoms with E-state index in [0.29, 0.717) is 18.4 Å². The molecule has 0 bridgehead atoms. The van der Waals surface area contributed by atoms with Crippen LogP contribution in [0.2, 0.25) is 5.28 Å². The predicted molar refractivity (Wildman–Crippen MR) is 80.3 cm³/mol. The summed E-state index contributed by atoms with van der Waals surface area (Å²) in [6, 6.07) is 5.86. The number of rotatable bonds is 3. The maximum atomic E-state index is 12.2. The van der Waals surface area contributed by atoms with Gasteiger partial charge in [0.2, 0.25) is 11.2 Å². The number of aromatic nitrogens is 3. The van der Waals surface area contributed by atoms with Crippen molar-refractivity contribution in [2.45, 2.75) is 6.54 Å². The summed E-state index contributed by atoms with van der Waals surface area (Å²) in [5.74, 6) is 1.03. The van der Waals surface area contributed by atoms with Crippen LogP contribution >= 0.6 is 11.6 Å². The molecule has 1 aliphatic rings. The first-order chi connectivity index (χ1) is 10.2. The lowest BCUT2D eigenvalue weighted by atomic mass is 10.3. The van der Waals surface area contributed by atoms with Gasteiger partial charge in [0.1, 0.15) is 12.4 Å². The van der Waals surface area contributed by atoms with E-state index >= 15 is 0 Å². The molecule has 0 aromatic carbocycles. The van der Waals surface area contributed by atoms with E-state index in [0.717, 1.165) is 18.9 Å². The molecular formula is C14H16ClN5O. The quantitative estimate of drug-likeness (QED) is 0.857. The Bertz CT molecular complexity index is 607. The lowest BCUT2D eigenvalue weighted by Crippen LogP contribution is -2.49. The number of anilines is 1. The summed E-state index contributed by atoms with van der Waals surface area (Å²) in [7, 11) is 0. The molecule has 1 aliphatic heterocycles. The number of halogens is 1. The van der Waals surface area contributed by atoms with Crippen LogP contribution in [0.25, 0.3) is 0 Å². The molecule has 0 N–H and O–H groups in total. The molecule has 0 saturated carbocycles. The molecule has 3 rings (SSSR count). The van der Waals surface area contributed by atoms with Gasteiger partial charge < -0.3 is 14.4 Å². The number of hydrogen-bond acceptors (Lipinski definition) is 4. The average molecular weight is 306 g/mol. The van der Waals surface area contributed by atoms with Gasteiger partial charge >= 0.3 is 0 Å². The van der Waals surface area contributed by atoms with Gasteiger partial charge in [0.15, 0.2) is 0 Å². The first kappa shape index (κ1) is 13.9. The maximum Gasteiger partial charge on any atom is 0.242 e. The standard InChI is InChI=1S/C14H16ClN5O/c15-14-17-5-6-20(14)11-13(21)19-9-7-18(8-10-19)12-3-1-2-4-16-12/h1-6H,7-11H2. The van der Waals surface area contributed by atoms with Gasteiger partial charge in [-0.15, -0.1) is 0 Å². The Kier molecular flexibility index (Phi) is 4.06. The highest BCUT2D eigenvalue weighted by Crippen LogP contribution is 2.13. The van der Waals surface area contributed by atoms with E-state index in [4.69, 9.17) is 11.6 Å². The minimum atomic E-state index is 0.0653. The highest BCUT2D eigenvalue weighted by molar-refractivity contribution is 6.28. The fraction of sp³-hybridized carbons (Fsp3) is 0.357. The van der Waals surface area contributed by atoms with Crippen molar-refractivity contribution in [1.82, 2.24) is 19.4 Å². The van der Waals surface area contributed by atoms with Crippen molar-refractivity contribution in [3.05, 3.63) is 42.1 Å². The van der Waals surface area contributed by atoms with E-state index in [1.807, 2.05) is 23.1 Å². The zero-order chi connectivity index (χ0) is 14.7. The van der Waals surface area contributed by atoms with Crippen molar-refractivity contribution < 1.29 is 4.79 Å². The number of amides is 1. The van der Waals surface area contributed by atoms with Crippen molar-refractivity contribution in [1.29, 1.82) is 0 Å². The van der Waals surface area contributed by atoms with Crippen LogP contribution < -0.4 is 4.90 Å². The van der Waals surface area contributed by atoms with Crippen molar-refractivity contribution in [2.75, 3.05) is 31.1 Å². The average Bonchev–Trinajstić information content (AvgIpc) is 2.93. The van der Waals surface area contributed by atoms with Crippen LogP contribution in [0.5, 0.6) is 0 Å². The third-order valence-electron chi connectivity index (χ3n) is 3.58. The molecule has 1 fully saturated rings. The summed E-state index contributed by atoms with van der Waals surface area (Å²) < 4.78 is 1.65. The number of nitrogens with zero attached hydrogens (tertiary/aromatic N) is 5. The monoisotopic (exact) mass is 305 g/mol. The zero-order valence-corrected chi connectivity index (χ0v) is 12.3. The van der Waals surface area contributed by atoms with Crippen molar-refractivity contribution >= 4 is 23.3 Å². The van der Waals surface area contributed by atoms with Gasteiger partial charge in [-0.3, -0.25) is 4.79 Å². The molecule has 0 aliphatic carbocycles. The van der Waals surface area contributed by atoms with Crippen LogP contribution in [-0.2, 0) is 11.3 Å². The topological polar surface area (TPSA) is 54.3 Å². The smallest absolute Gasteiger partial charge is 0.242 e. The number of piperazine rings is 1. The molecule has 1 amide bonds. The number of carbonyl (C=O) groups excluding carboxylic acids is 1. The summed E-state index contributed by atoms with van der Waals surface area (Å²) >= 11 is 5.89. The maximum absolute atomic E-state index is 12.2. The van der Waals surface area contributed by atoms with Crippen LogP contribution in [0, 0.1) is 0 Å². The fourth-order valence-corrected chi connectivity index (χ4v) is 2.57.